The van der Waals surface area contributed by atoms with Crippen molar-refractivity contribution in [3.8, 4) is 6.07 Å². The third kappa shape index (κ3) is 2.85. The summed E-state index contributed by atoms with van der Waals surface area (Å²) < 4.78 is 0. The molecule has 0 unspecified atom stereocenters. The number of piperidine rings is 1. The normalized spacial score (nSPS) is 16.1. The van der Waals surface area contributed by atoms with E-state index in [4.69, 9.17) is 11.5 Å². The van der Waals surface area contributed by atoms with Crippen LogP contribution in [0.2, 0.25) is 0 Å². The summed E-state index contributed by atoms with van der Waals surface area (Å²) in [6, 6.07) is 7.92. The van der Waals surface area contributed by atoms with E-state index in [0.717, 1.165) is 37.2 Å². The van der Waals surface area contributed by atoms with E-state index in [-0.39, 0.29) is 11.8 Å². The van der Waals surface area contributed by atoms with Crippen molar-refractivity contribution in [2.45, 2.75) is 19.4 Å². The Morgan fingerprint density at radius 3 is 2.63 bits per heavy atom. The van der Waals surface area contributed by atoms with Gasteiger partial charge in [0, 0.05) is 25.6 Å². The quantitative estimate of drug-likeness (QED) is 0.834. The van der Waals surface area contributed by atoms with Crippen LogP contribution in [-0.2, 0) is 11.3 Å². The van der Waals surface area contributed by atoms with Crippen molar-refractivity contribution in [1.29, 1.82) is 5.26 Å². The minimum atomic E-state index is -0.223. The molecule has 1 aliphatic rings. The fraction of sp³-hybridized carbons (Fsp3) is 0.429. The van der Waals surface area contributed by atoms with E-state index in [9.17, 15) is 10.1 Å². The molecule has 1 aromatic rings. The molecule has 1 heterocycles. The Kier molecular flexibility index (Phi) is 4.03. The first kappa shape index (κ1) is 13.4. The summed E-state index contributed by atoms with van der Waals surface area (Å²) in [5.41, 5.74) is 13.4. The van der Waals surface area contributed by atoms with Crippen molar-refractivity contribution in [3.63, 3.8) is 0 Å². The molecule has 0 saturated carbocycles. The Morgan fingerprint density at radius 2 is 2.11 bits per heavy atom. The maximum Gasteiger partial charge on any atom is 0.220 e. The number of benzene rings is 1. The van der Waals surface area contributed by atoms with Gasteiger partial charge in [-0.15, -0.1) is 0 Å². The van der Waals surface area contributed by atoms with Crippen LogP contribution in [-0.4, -0.2) is 19.0 Å². The second-order valence-corrected chi connectivity index (χ2v) is 4.83. The summed E-state index contributed by atoms with van der Waals surface area (Å²) in [4.78, 5) is 13.3. The fourth-order valence-electron chi connectivity index (χ4n) is 2.48. The lowest BCUT2D eigenvalue weighted by atomic mass is 9.95. The first-order valence-corrected chi connectivity index (χ1v) is 6.43. The maximum atomic E-state index is 11.1. The molecule has 19 heavy (non-hydrogen) atoms. The van der Waals surface area contributed by atoms with E-state index in [1.54, 1.807) is 0 Å². The Hall–Kier alpha value is -2.06. The summed E-state index contributed by atoms with van der Waals surface area (Å²) >= 11 is 0. The number of nitrogens with zero attached hydrogens (tertiary/aromatic N) is 2. The van der Waals surface area contributed by atoms with Crippen LogP contribution in [0.3, 0.4) is 0 Å². The molecule has 4 N–H and O–H groups in total. The monoisotopic (exact) mass is 258 g/mol. The van der Waals surface area contributed by atoms with Crippen LogP contribution in [0.1, 0.15) is 24.0 Å². The zero-order valence-electron chi connectivity index (χ0n) is 10.8. The van der Waals surface area contributed by atoms with E-state index >= 15 is 0 Å². The fourth-order valence-corrected chi connectivity index (χ4v) is 2.48. The molecule has 100 valence electrons. The SMILES string of the molecule is N#Cc1cc(CN)ccc1N1CCC(C(N)=O)CC1. The Bertz CT molecular complexity index is 513. The van der Waals surface area contributed by atoms with Crippen LogP contribution >= 0.6 is 0 Å². The van der Waals surface area contributed by atoms with E-state index in [2.05, 4.69) is 11.0 Å². The molecule has 1 fully saturated rings. The van der Waals surface area contributed by atoms with Crippen molar-refractivity contribution in [1.82, 2.24) is 0 Å². The van der Waals surface area contributed by atoms with Gasteiger partial charge < -0.3 is 16.4 Å². The molecule has 2 rings (SSSR count). The average Bonchev–Trinajstić information content (AvgIpc) is 2.46. The predicted octanol–water partition coefficient (Wildman–Crippen LogP) is 0.719. The predicted molar refractivity (Wildman–Crippen MR) is 73.2 cm³/mol. The molecule has 0 spiro atoms. The Morgan fingerprint density at radius 1 is 1.42 bits per heavy atom. The largest absolute Gasteiger partial charge is 0.370 e. The summed E-state index contributed by atoms with van der Waals surface area (Å²) in [5.74, 6) is -0.260. The number of anilines is 1. The molecule has 5 heteroatoms. The Balaban J connectivity index is 2.15. The first-order valence-electron chi connectivity index (χ1n) is 6.43. The zero-order chi connectivity index (χ0) is 13.8. The van der Waals surface area contributed by atoms with Crippen molar-refractivity contribution in [3.05, 3.63) is 29.3 Å². The van der Waals surface area contributed by atoms with Gasteiger partial charge in [0.15, 0.2) is 0 Å². The lowest BCUT2D eigenvalue weighted by Gasteiger charge is -2.33. The second kappa shape index (κ2) is 5.72. The van der Waals surface area contributed by atoms with Crippen molar-refractivity contribution < 1.29 is 4.79 Å². The molecule has 1 aliphatic heterocycles. The van der Waals surface area contributed by atoms with E-state index < -0.39 is 0 Å². The Labute approximate surface area is 112 Å². The van der Waals surface area contributed by atoms with Gasteiger partial charge in [0.2, 0.25) is 5.91 Å². The molecule has 0 atom stereocenters. The van der Waals surface area contributed by atoms with Gasteiger partial charge in [0.1, 0.15) is 6.07 Å². The third-order valence-corrected chi connectivity index (χ3v) is 3.66. The molecule has 0 aliphatic carbocycles. The summed E-state index contributed by atoms with van der Waals surface area (Å²) in [5, 5.41) is 9.22. The number of hydrogen-bond acceptors (Lipinski definition) is 4. The molecule has 5 nitrogen and oxygen atoms in total. The average molecular weight is 258 g/mol. The maximum absolute atomic E-state index is 11.1. The summed E-state index contributed by atoms with van der Waals surface area (Å²) in [6.45, 7) is 1.94. The molecular weight excluding hydrogens is 240 g/mol. The molecule has 0 aromatic heterocycles. The van der Waals surface area contributed by atoms with Gasteiger partial charge in [-0.2, -0.15) is 5.26 Å². The van der Waals surface area contributed by atoms with E-state index in [1.807, 2.05) is 18.2 Å². The molecule has 0 bridgehead atoms. The highest BCUT2D eigenvalue weighted by molar-refractivity contribution is 5.77. The summed E-state index contributed by atoms with van der Waals surface area (Å²) in [6.07, 6.45) is 1.50. The van der Waals surface area contributed by atoms with Gasteiger partial charge in [-0.3, -0.25) is 4.79 Å². The molecule has 1 aromatic carbocycles. The van der Waals surface area contributed by atoms with Crippen LogP contribution in [0.5, 0.6) is 0 Å². The molecule has 1 saturated heterocycles. The minimum Gasteiger partial charge on any atom is -0.370 e. The van der Waals surface area contributed by atoms with E-state index in [0.29, 0.717) is 12.1 Å². The van der Waals surface area contributed by atoms with Crippen LogP contribution < -0.4 is 16.4 Å². The molecule has 0 radical (unpaired) electrons. The van der Waals surface area contributed by atoms with Crippen molar-refractivity contribution in [2.24, 2.45) is 17.4 Å². The number of carbonyl (C=O) groups excluding carboxylic acids is 1. The lowest BCUT2D eigenvalue weighted by molar-refractivity contribution is -0.122. The third-order valence-electron chi connectivity index (χ3n) is 3.66. The van der Waals surface area contributed by atoms with Crippen LogP contribution in [0.4, 0.5) is 5.69 Å². The highest BCUT2D eigenvalue weighted by atomic mass is 16.1. The minimum absolute atomic E-state index is 0.0369. The number of nitrogens with two attached hydrogens (primary N) is 2. The number of amides is 1. The van der Waals surface area contributed by atoms with E-state index in [1.165, 1.54) is 0 Å². The number of hydrogen-bond donors (Lipinski definition) is 2. The van der Waals surface area contributed by atoms with Crippen molar-refractivity contribution >= 4 is 11.6 Å². The van der Waals surface area contributed by atoms with Crippen molar-refractivity contribution in [2.75, 3.05) is 18.0 Å². The lowest BCUT2D eigenvalue weighted by Crippen LogP contribution is -2.38. The highest BCUT2D eigenvalue weighted by Gasteiger charge is 2.24. The standard InChI is InChI=1S/C14H18N4O/c15-8-10-1-2-13(12(7-10)9-16)18-5-3-11(4-6-18)14(17)19/h1-2,7,11H,3-6,8,15H2,(H2,17,19). The number of carbonyl (C=O) groups is 1. The number of nitriles is 1. The first-order chi connectivity index (χ1) is 9.15. The van der Waals surface area contributed by atoms with Gasteiger partial charge in [0.05, 0.1) is 11.3 Å². The molecular formula is C14H18N4O. The summed E-state index contributed by atoms with van der Waals surface area (Å²) in [7, 11) is 0. The number of rotatable bonds is 3. The smallest absolute Gasteiger partial charge is 0.220 e. The highest BCUT2D eigenvalue weighted by Crippen LogP contribution is 2.26. The van der Waals surface area contributed by atoms with Gasteiger partial charge in [0.25, 0.3) is 0 Å². The topological polar surface area (TPSA) is 96.1 Å². The van der Waals surface area contributed by atoms with Gasteiger partial charge in [-0.05, 0) is 30.5 Å². The number of primary amides is 1. The van der Waals surface area contributed by atoms with Crippen LogP contribution in [0.15, 0.2) is 18.2 Å². The van der Waals surface area contributed by atoms with Gasteiger partial charge in [-0.1, -0.05) is 6.07 Å². The zero-order valence-corrected chi connectivity index (χ0v) is 10.8. The van der Waals surface area contributed by atoms with Gasteiger partial charge in [-0.25, -0.2) is 0 Å². The van der Waals surface area contributed by atoms with Crippen LogP contribution in [0, 0.1) is 17.2 Å². The second-order valence-electron chi connectivity index (χ2n) is 4.83. The van der Waals surface area contributed by atoms with Gasteiger partial charge >= 0.3 is 0 Å². The molecule has 1 amide bonds. The van der Waals surface area contributed by atoms with Crippen LogP contribution in [0.25, 0.3) is 0 Å².